The maximum atomic E-state index is 6.42. The summed E-state index contributed by atoms with van der Waals surface area (Å²) < 4.78 is 8.70. The van der Waals surface area contributed by atoms with E-state index in [0.29, 0.717) is 0 Å². The maximum Gasteiger partial charge on any atom is 0.103 e. The monoisotopic (exact) mass is 536 g/mol. The molecule has 1 nitrogen and oxygen atoms in total. The van der Waals surface area contributed by atoms with E-state index < -0.39 is 0 Å². The molecule has 0 saturated heterocycles. The van der Waals surface area contributed by atoms with Crippen LogP contribution >= 0.6 is 31.9 Å². The summed E-state index contributed by atoms with van der Waals surface area (Å²) in [6, 6.07) is 9.61. The van der Waals surface area contributed by atoms with Crippen molar-refractivity contribution in [1.29, 1.82) is 0 Å². The van der Waals surface area contributed by atoms with Crippen molar-refractivity contribution in [3.05, 3.63) is 67.6 Å². The molecule has 6 rings (SSSR count). The molecule has 2 bridgehead atoms. The van der Waals surface area contributed by atoms with E-state index in [9.17, 15) is 0 Å². The summed E-state index contributed by atoms with van der Waals surface area (Å²) in [5, 5.41) is 7.98. The van der Waals surface area contributed by atoms with Crippen LogP contribution in [0, 0.1) is 0 Å². The first kappa shape index (κ1) is 20.2. The van der Waals surface area contributed by atoms with Crippen molar-refractivity contribution in [3.8, 4) is 0 Å². The van der Waals surface area contributed by atoms with Gasteiger partial charge < -0.3 is 4.74 Å². The van der Waals surface area contributed by atoms with E-state index in [1.807, 2.05) is 0 Å². The zero-order chi connectivity index (χ0) is 22.0. The van der Waals surface area contributed by atoms with Crippen molar-refractivity contribution in [2.75, 3.05) is 0 Å². The van der Waals surface area contributed by atoms with Crippen molar-refractivity contribution in [1.82, 2.24) is 0 Å². The Labute approximate surface area is 200 Å². The van der Waals surface area contributed by atoms with Crippen LogP contribution in [-0.2, 0) is 15.6 Å². The molecule has 158 valence electrons. The molecule has 0 radical (unpaired) electrons. The Kier molecular flexibility index (Phi) is 3.99. The van der Waals surface area contributed by atoms with Gasteiger partial charge in [-0.1, -0.05) is 65.8 Å². The van der Waals surface area contributed by atoms with Gasteiger partial charge in [0.05, 0.1) is 0 Å². The Bertz CT molecular complexity index is 1340. The lowest BCUT2D eigenvalue weighted by atomic mass is 9.77. The van der Waals surface area contributed by atoms with Crippen LogP contribution in [0.4, 0.5) is 0 Å². The number of hydrogen-bond acceptors (Lipinski definition) is 1. The Hall–Kier alpha value is -1.42. The van der Waals surface area contributed by atoms with Gasteiger partial charge in [-0.05, 0) is 109 Å². The molecular formula is C28H26Br2O. The van der Waals surface area contributed by atoms with Crippen molar-refractivity contribution in [2.45, 2.75) is 64.6 Å². The highest BCUT2D eigenvalue weighted by Crippen LogP contribution is 2.56. The van der Waals surface area contributed by atoms with Crippen LogP contribution < -0.4 is 0 Å². The highest BCUT2D eigenvalue weighted by molar-refractivity contribution is 9.13. The number of ether oxygens (including phenoxy) is 1. The molecular weight excluding hydrogens is 512 g/mol. The van der Waals surface area contributed by atoms with Crippen LogP contribution in [0.15, 0.2) is 45.4 Å². The second-order valence-corrected chi connectivity index (χ2v) is 12.8. The molecule has 4 aromatic carbocycles. The Balaban J connectivity index is 1.93. The predicted molar refractivity (Wildman–Crippen MR) is 139 cm³/mol. The molecule has 0 aromatic heterocycles. The fraction of sp³-hybridized carbons (Fsp3) is 0.357. The van der Waals surface area contributed by atoms with Crippen LogP contribution in [0.25, 0.3) is 32.3 Å². The number of halogens is 2. The normalized spacial score (nSPS) is 20.6. The average Bonchev–Trinajstić information content (AvgIpc) is 3.31. The summed E-state index contributed by atoms with van der Waals surface area (Å²) in [5.74, 6) is 0. The zero-order valence-electron chi connectivity index (χ0n) is 18.8. The van der Waals surface area contributed by atoms with Crippen molar-refractivity contribution in [2.24, 2.45) is 0 Å². The largest absolute Gasteiger partial charge is 0.357 e. The number of benzene rings is 4. The maximum absolute atomic E-state index is 6.42. The van der Waals surface area contributed by atoms with Gasteiger partial charge in [-0.15, -0.1) is 0 Å². The Morgan fingerprint density at radius 2 is 0.968 bits per heavy atom. The molecule has 2 heterocycles. The van der Waals surface area contributed by atoms with Crippen molar-refractivity contribution in [3.63, 3.8) is 0 Å². The van der Waals surface area contributed by atoms with Crippen molar-refractivity contribution >= 4 is 64.2 Å². The molecule has 0 spiro atoms. The SMILES string of the molecule is CC(C)(C)c1cc2c(Br)c(Br)c3cc(C(C)(C)C)cc4c5c(c(c1)c2c34)C1C=CC5O1. The van der Waals surface area contributed by atoms with Gasteiger partial charge in [0, 0.05) is 8.95 Å². The molecule has 0 aliphatic carbocycles. The van der Waals surface area contributed by atoms with Crippen LogP contribution in [0.5, 0.6) is 0 Å². The smallest absolute Gasteiger partial charge is 0.103 e. The summed E-state index contributed by atoms with van der Waals surface area (Å²) in [5.41, 5.74) is 5.59. The fourth-order valence-corrected chi connectivity index (χ4v) is 6.43. The highest BCUT2D eigenvalue weighted by Gasteiger charge is 2.39. The van der Waals surface area contributed by atoms with E-state index in [1.54, 1.807) is 0 Å². The minimum absolute atomic E-state index is 0.0577. The van der Waals surface area contributed by atoms with Gasteiger partial charge in [0.15, 0.2) is 0 Å². The van der Waals surface area contributed by atoms with E-state index >= 15 is 0 Å². The molecule has 0 fully saturated rings. The zero-order valence-corrected chi connectivity index (χ0v) is 22.0. The van der Waals surface area contributed by atoms with E-state index in [4.69, 9.17) is 4.74 Å². The Morgan fingerprint density at radius 3 is 1.32 bits per heavy atom. The minimum Gasteiger partial charge on any atom is -0.357 e. The quantitative estimate of drug-likeness (QED) is 0.160. The van der Waals surface area contributed by atoms with Crippen LogP contribution in [0.3, 0.4) is 0 Å². The Morgan fingerprint density at radius 1 is 0.613 bits per heavy atom. The number of rotatable bonds is 0. The molecule has 0 N–H and O–H groups in total. The first-order valence-corrected chi connectivity index (χ1v) is 12.6. The summed E-state index contributed by atoms with van der Waals surface area (Å²) >= 11 is 7.93. The molecule has 2 aliphatic rings. The fourth-order valence-electron chi connectivity index (χ4n) is 5.38. The third-order valence-corrected chi connectivity index (χ3v) is 9.30. The van der Waals surface area contributed by atoms with E-state index in [-0.39, 0.29) is 23.0 Å². The molecule has 2 atom stereocenters. The van der Waals surface area contributed by atoms with E-state index in [2.05, 4.69) is 110 Å². The second-order valence-electron chi connectivity index (χ2n) is 11.2. The van der Waals surface area contributed by atoms with Crippen LogP contribution in [0.2, 0.25) is 0 Å². The van der Waals surface area contributed by atoms with Gasteiger partial charge >= 0.3 is 0 Å². The summed E-state index contributed by atoms with van der Waals surface area (Å²) in [4.78, 5) is 0. The molecule has 31 heavy (non-hydrogen) atoms. The second kappa shape index (κ2) is 6.12. The summed E-state index contributed by atoms with van der Waals surface area (Å²) in [6.45, 7) is 13.8. The third kappa shape index (κ3) is 2.63. The van der Waals surface area contributed by atoms with Gasteiger partial charge in [0.25, 0.3) is 0 Å². The first-order valence-electron chi connectivity index (χ1n) is 11.0. The molecule has 2 aliphatic heterocycles. The molecule has 4 aromatic rings. The van der Waals surface area contributed by atoms with Crippen LogP contribution in [0.1, 0.15) is 76.0 Å². The minimum atomic E-state index is 0.0577. The van der Waals surface area contributed by atoms with E-state index in [0.717, 1.165) is 8.95 Å². The molecule has 0 saturated carbocycles. The lowest BCUT2D eigenvalue weighted by Gasteiger charge is -2.27. The lowest BCUT2D eigenvalue weighted by molar-refractivity contribution is 0.0887. The van der Waals surface area contributed by atoms with Gasteiger partial charge in [-0.2, -0.15) is 0 Å². The molecule has 0 amide bonds. The third-order valence-electron chi connectivity index (χ3n) is 7.12. The number of fused-ring (bicyclic) bond motifs is 7. The first-order chi connectivity index (χ1) is 14.5. The topological polar surface area (TPSA) is 9.23 Å². The highest BCUT2D eigenvalue weighted by atomic mass is 79.9. The van der Waals surface area contributed by atoms with Gasteiger partial charge in [0.2, 0.25) is 0 Å². The predicted octanol–water partition coefficient (Wildman–Crippen LogP) is 9.39. The van der Waals surface area contributed by atoms with Crippen LogP contribution in [-0.4, -0.2) is 0 Å². The van der Waals surface area contributed by atoms with Gasteiger partial charge in [-0.25, -0.2) is 0 Å². The van der Waals surface area contributed by atoms with Gasteiger partial charge in [0.1, 0.15) is 12.2 Å². The lowest BCUT2D eigenvalue weighted by Crippen LogP contribution is -2.13. The average molecular weight is 538 g/mol. The van der Waals surface area contributed by atoms with Crippen molar-refractivity contribution < 1.29 is 4.74 Å². The summed E-state index contributed by atoms with van der Waals surface area (Å²) in [6.07, 6.45) is 4.59. The molecule has 3 heteroatoms. The molecule has 2 unspecified atom stereocenters. The summed E-state index contributed by atoms with van der Waals surface area (Å²) in [7, 11) is 0. The standard InChI is InChI=1S/C28H26Br2O/c1-27(2,3)13-9-15-21-17(11-13)25(29)26(30)18-12-14(28(4,5)6)10-16(22(18)21)24-20-8-7-19(31-20)23(15)24/h7-12,19-20H,1-6H3. The van der Waals surface area contributed by atoms with Gasteiger partial charge in [-0.3, -0.25) is 0 Å². The van der Waals surface area contributed by atoms with E-state index in [1.165, 1.54) is 54.6 Å². The number of hydrogen-bond donors (Lipinski definition) is 0.